The van der Waals surface area contributed by atoms with E-state index in [1.54, 1.807) is 30.9 Å². The summed E-state index contributed by atoms with van der Waals surface area (Å²) in [5, 5.41) is 11.9. The van der Waals surface area contributed by atoms with E-state index in [1.165, 1.54) is 17.7 Å². The number of halogens is 1. The average molecular weight is 424 g/mol. The summed E-state index contributed by atoms with van der Waals surface area (Å²) < 4.78 is 15.4. The Balaban J connectivity index is 1.52. The highest BCUT2D eigenvalue weighted by atomic mass is 19.1. The van der Waals surface area contributed by atoms with Crippen LogP contribution in [0.25, 0.3) is 28.0 Å². The summed E-state index contributed by atoms with van der Waals surface area (Å²) in [5.74, 6) is 0.372. The molecule has 158 valence electrons. The summed E-state index contributed by atoms with van der Waals surface area (Å²) in [4.78, 5) is 9.06. The summed E-state index contributed by atoms with van der Waals surface area (Å²) in [5.41, 5.74) is 5.22. The zero-order valence-electron chi connectivity index (χ0n) is 17.3. The molecule has 0 unspecified atom stereocenters. The predicted molar refractivity (Wildman–Crippen MR) is 123 cm³/mol. The monoisotopic (exact) mass is 424 g/mol. The molecular formula is C25H21FN6. The predicted octanol–water partition coefficient (Wildman–Crippen LogP) is 5.04. The molecule has 3 heterocycles. The van der Waals surface area contributed by atoms with Crippen LogP contribution in [0.1, 0.15) is 12.0 Å². The minimum Gasteiger partial charge on any atom is -0.355 e. The number of fused-ring (bicyclic) bond motifs is 1. The van der Waals surface area contributed by atoms with Gasteiger partial charge in [0.05, 0.1) is 11.3 Å². The number of pyridine rings is 1. The van der Waals surface area contributed by atoms with Gasteiger partial charge in [-0.2, -0.15) is 0 Å². The first-order valence-electron chi connectivity index (χ1n) is 10.5. The molecule has 3 aromatic heterocycles. The number of anilines is 1. The van der Waals surface area contributed by atoms with E-state index >= 15 is 0 Å². The molecule has 32 heavy (non-hydrogen) atoms. The molecule has 0 radical (unpaired) electrons. The summed E-state index contributed by atoms with van der Waals surface area (Å²) in [6.07, 6.45) is 7.04. The highest BCUT2D eigenvalue weighted by Gasteiger charge is 2.19. The molecule has 0 saturated heterocycles. The zero-order valence-corrected chi connectivity index (χ0v) is 17.3. The van der Waals surface area contributed by atoms with Gasteiger partial charge in [-0.15, -0.1) is 10.2 Å². The van der Waals surface area contributed by atoms with Gasteiger partial charge in [0.25, 0.3) is 0 Å². The topological polar surface area (TPSA) is 68.0 Å². The Kier molecular flexibility index (Phi) is 5.53. The van der Waals surface area contributed by atoms with E-state index in [4.69, 9.17) is 4.98 Å². The van der Waals surface area contributed by atoms with Crippen LogP contribution >= 0.6 is 0 Å². The molecule has 0 aliphatic heterocycles. The summed E-state index contributed by atoms with van der Waals surface area (Å²) in [6.45, 7) is 0.751. The molecule has 0 amide bonds. The van der Waals surface area contributed by atoms with Crippen molar-refractivity contribution in [2.75, 3.05) is 11.9 Å². The molecule has 0 spiro atoms. The first-order valence-corrected chi connectivity index (χ1v) is 10.5. The largest absolute Gasteiger partial charge is 0.355 e. The second kappa shape index (κ2) is 8.93. The third-order valence-electron chi connectivity index (χ3n) is 5.31. The van der Waals surface area contributed by atoms with Crippen molar-refractivity contribution >= 4 is 11.6 Å². The number of aromatic nitrogens is 5. The lowest BCUT2D eigenvalue weighted by molar-refractivity contribution is 0.628. The number of nitrogens with zero attached hydrogens (tertiary/aromatic N) is 5. The number of benzene rings is 2. The van der Waals surface area contributed by atoms with Gasteiger partial charge in [-0.05, 0) is 48.2 Å². The van der Waals surface area contributed by atoms with Crippen LogP contribution in [0.3, 0.4) is 0 Å². The normalized spacial score (nSPS) is 11.0. The lowest BCUT2D eigenvalue weighted by Gasteiger charge is -2.15. The summed E-state index contributed by atoms with van der Waals surface area (Å²) >= 11 is 0. The van der Waals surface area contributed by atoms with Gasteiger partial charge in [0, 0.05) is 24.5 Å². The highest BCUT2D eigenvalue weighted by Crippen LogP contribution is 2.34. The lowest BCUT2D eigenvalue weighted by Crippen LogP contribution is -2.10. The van der Waals surface area contributed by atoms with E-state index in [0.717, 1.165) is 41.8 Å². The second-order valence-corrected chi connectivity index (χ2v) is 7.44. The van der Waals surface area contributed by atoms with Crippen molar-refractivity contribution in [3.63, 3.8) is 0 Å². The number of hydrogen-bond donors (Lipinski definition) is 1. The first kappa shape index (κ1) is 19.8. The molecule has 5 rings (SSSR count). The zero-order chi connectivity index (χ0) is 21.8. The van der Waals surface area contributed by atoms with E-state index in [1.807, 2.05) is 22.6 Å². The third kappa shape index (κ3) is 4.05. The summed E-state index contributed by atoms with van der Waals surface area (Å²) in [7, 11) is 0. The van der Waals surface area contributed by atoms with Crippen molar-refractivity contribution in [1.29, 1.82) is 0 Å². The SMILES string of the molecule is Fc1ccc(-c2c(-c3ccncc3)nc(NCCCc3ccccc3)n3cnnc23)cc1. The standard InChI is InChI=1S/C25H21FN6/c26-21-10-8-19(9-11-21)22-23(20-12-15-27-16-13-20)30-25(32-17-29-31-24(22)32)28-14-4-7-18-5-2-1-3-6-18/h1-3,5-6,8-13,15-17H,4,7,14H2,(H,28,30). The molecule has 0 aliphatic carbocycles. The van der Waals surface area contributed by atoms with E-state index in [-0.39, 0.29) is 5.82 Å². The van der Waals surface area contributed by atoms with Crippen LogP contribution in [0.5, 0.6) is 0 Å². The molecule has 0 bridgehead atoms. The van der Waals surface area contributed by atoms with Gasteiger partial charge in [-0.1, -0.05) is 42.5 Å². The summed E-state index contributed by atoms with van der Waals surface area (Å²) in [6, 6.07) is 20.6. The van der Waals surface area contributed by atoms with E-state index in [9.17, 15) is 4.39 Å². The number of nitrogens with one attached hydrogen (secondary N) is 1. The van der Waals surface area contributed by atoms with Crippen molar-refractivity contribution < 1.29 is 4.39 Å². The first-order chi connectivity index (χ1) is 15.8. The molecule has 5 aromatic rings. The maximum atomic E-state index is 13.6. The Morgan fingerprint density at radius 3 is 2.44 bits per heavy atom. The highest BCUT2D eigenvalue weighted by molar-refractivity contribution is 5.90. The maximum Gasteiger partial charge on any atom is 0.210 e. The van der Waals surface area contributed by atoms with E-state index in [0.29, 0.717) is 11.6 Å². The van der Waals surface area contributed by atoms with Crippen molar-refractivity contribution in [1.82, 2.24) is 24.6 Å². The number of hydrogen-bond acceptors (Lipinski definition) is 5. The molecule has 1 N–H and O–H groups in total. The van der Waals surface area contributed by atoms with Crippen LogP contribution in [-0.2, 0) is 6.42 Å². The van der Waals surface area contributed by atoms with Crippen LogP contribution < -0.4 is 5.32 Å². The lowest BCUT2D eigenvalue weighted by atomic mass is 10.0. The smallest absolute Gasteiger partial charge is 0.210 e. The minimum atomic E-state index is -0.290. The van der Waals surface area contributed by atoms with Crippen molar-refractivity contribution in [3.05, 3.63) is 96.8 Å². The molecule has 7 heteroatoms. The van der Waals surface area contributed by atoms with E-state index in [2.05, 4.69) is 44.8 Å². The maximum absolute atomic E-state index is 13.6. The fraction of sp³-hybridized carbons (Fsp3) is 0.120. The third-order valence-corrected chi connectivity index (χ3v) is 5.31. The van der Waals surface area contributed by atoms with Gasteiger partial charge in [-0.3, -0.25) is 9.38 Å². The van der Waals surface area contributed by atoms with Crippen LogP contribution in [-0.4, -0.2) is 31.1 Å². The Labute approximate surface area is 184 Å². The van der Waals surface area contributed by atoms with E-state index < -0.39 is 0 Å². The minimum absolute atomic E-state index is 0.290. The van der Waals surface area contributed by atoms with Gasteiger partial charge < -0.3 is 5.32 Å². The van der Waals surface area contributed by atoms with Gasteiger partial charge >= 0.3 is 0 Å². The molecule has 6 nitrogen and oxygen atoms in total. The molecule has 0 fully saturated rings. The molecule has 0 atom stereocenters. The Hall–Kier alpha value is -4.13. The van der Waals surface area contributed by atoms with Crippen molar-refractivity contribution in [2.45, 2.75) is 12.8 Å². The Morgan fingerprint density at radius 2 is 1.66 bits per heavy atom. The van der Waals surface area contributed by atoms with Gasteiger partial charge in [0.2, 0.25) is 5.95 Å². The van der Waals surface area contributed by atoms with Gasteiger partial charge in [0.1, 0.15) is 12.1 Å². The van der Waals surface area contributed by atoms with Crippen LogP contribution in [0.4, 0.5) is 10.3 Å². The second-order valence-electron chi connectivity index (χ2n) is 7.44. The fourth-order valence-electron chi connectivity index (χ4n) is 3.75. The van der Waals surface area contributed by atoms with Crippen LogP contribution in [0, 0.1) is 5.82 Å². The van der Waals surface area contributed by atoms with Crippen LogP contribution in [0.15, 0.2) is 85.5 Å². The quantitative estimate of drug-likeness (QED) is 0.371. The fourth-order valence-corrected chi connectivity index (χ4v) is 3.75. The number of aryl methyl sites for hydroxylation is 1. The average Bonchev–Trinajstić information content (AvgIpc) is 3.33. The molecule has 0 saturated carbocycles. The van der Waals surface area contributed by atoms with Gasteiger partial charge in [0.15, 0.2) is 5.65 Å². The molecule has 0 aliphatic rings. The van der Waals surface area contributed by atoms with Crippen molar-refractivity contribution in [2.24, 2.45) is 0 Å². The van der Waals surface area contributed by atoms with Gasteiger partial charge in [-0.25, -0.2) is 9.37 Å². The Morgan fingerprint density at radius 1 is 0.875 bits per heavy atom. The van der Waals surface area contributed by atoms with Crippen molar-refractivity contribution in [3.8, 4) is 22.4 Å². The Bertz CT molecular complexity index is 1320. The molecular weight excluding hydrogens is 403 g/mol. The number of rotatable bonds is 7. The molecule has 2 aromatic carbocycles. The van der Waals surface area contributed by atoms with Crippen LogP contribution in [0.2, 0.25) is 0 Å².